The van der Waals surface area contributed by atoms with Crippen molar-refractivity contribution in [3.05, 3.63) is 29.6 Å². The molecule has 0 aliphatic carbocycles. The first-order valence-corrected chi connectivity index (χ1v) is 4.41. The summed E-state index contributed by atoms with van der Waals surface area (Å²) in [7, 11) is 0. The smallest absolute Gasteiger partial charge is 0.307 e. The number of hydrogen-bond donors (Lipinski definition) is 1. The molecular formula is C10H14N2O2. The van der Waals surface area contributed by atoms with E-state index in [9.17, 15) is 4.79 Å². The van der Waals surface area contributed by atoms with Crippen molar-refractivity contribution in [3.63, 3.8) is 0 Å². The number of carbonyl (C=O) groups is 1. The lowest BCUT2D eigenvalue weighted by Crippen LogP contribution is -2.04. The fourth-order valence-corrected chi connectivity index (χ4v) is 1.44. The van der Waals surface area contributed by atoms with Gasteiger partial charge in [-0.1, -0.05) is 6.08 Å². The first-order chi connectivity index (χ1) is 6.56. The highest BCUT2D eigenvalue weighted by atomic mass is 16.4. The van der Waals surface area contributed by atoms with Crippen molar-refractivity contribution in [1.29, 1.82) is 0 Å². The third-order valence-corrected chi connectivity index (χ3v) is 2.16. The van der Waals surface area contributed by atoms with Gasteiger partial charge in [0, 0.05) is 11.3 Å². The second-order valence-electron chi connectivity index (χ2n) is 3.19. The molecule has 76 valence electrons. The Morgan fingerprint density at radius 3 is 2.79 bits per heavy atom. The molecule has 0 fully saturated rings. The van der Waals surface area contributed by atoms with Crippen LogP contribution >= 0.6 is 0 Å². The number of carboxylic acids is 1. The van der Waals surface area contributed by atoms with Gasteiger partial charge in [-0.15, -0.1) is 6.58 Å². The van der Waals surface area contributed by atoms with Crippen molar-refractivity contribution >= 4 is 5.97 Å². The van der Waals surface area contributed by atoms with Crippen LogP contribution in [0.3, 0.4) is 0 Å². The molecule has 0 saturated carbocycles. The molecule has 0 aromatic carbocycles. The van der Waals surface area contributed by atoms with Gasteiger partial charge in [-0.25, -0.2) is 0 Å². The van der Waals surface area contributed by atoms with Crippen LogP contribution in [0.4, 0.5) is 0 Å². The molecule has 0 saturated heterocycles. The first kappa shape index (κ1) is 10.5. The van der Waals surface area contributed by atoms with E-state index in [2.05, 4.69) is 11.7 Å². The number of hydrogen-bond acceptors (Lipinski definition) is 2. The highest BCUT2D eigenvalue weighted by Crippen LogP contribution is 2.13. The quantitative estimate of drug-likeness (QED) is 0.735. The Hall–Kier alpha value is -1.58. The van der Waals surface area contributed by atoms with Crippen LogP contribution in [0.2, 0.25) is 0 Å². The molecule has 0 aliphatic rings. The summed E-state index contributed by atoms with van der Waals surface area (Å²) in [4.78, 5) is 10.6. The van der Waals surface area contributed by atoms with Crippen LogP contribution in [0.1, 0.15) is 17.0 Å². The molecule has 1 aromatic rings. The second kappa shape index (κ2) is 4.09. The minimum atomic E-state index is -0.825. The van der Waals surface area contributed by atoms with E-state index in [4.69, 9.17) is 5.11 Å². The third-order valence-electron chi connectivity index (χ3n) is 2.16. The third kappa shape index (κ3) is 2.02. The van der Waals surface area contributed by atoms with Gasteiger partial charge in [-0.05, 0) is 13.8 Å². The minimum Gasteiger partial charge on any atom is -0.481 e. The lowest BCUT2D eigenvalue weighted by atomic mass is 10.1. The number of allylic oxidation sites excluding steroid dienone is 1. The molecular weight excluding hydrogens is 180 g/mol. The Morgan fingerprint density at radius 2 is 2.29 bits per heavy atom. The van der Waals surface area contributed by atoms with Gasteiger partial charge >= 0.3 is 5.97 Å². The Balaban J connectivity index is 3.04. The number of rotatable bonds is 4. The van der Waals surface area contributed by atoms with Crippen molar-refractivity contribution in [1.82, 2.24) is 9.78 Å². The molecule has 14 heavy (non-hydrogen) atoms. The molecule has 0 aliphatic heterocycles. The summed E-state index contributed by atoms with van der Waals surface area (Å²) >= 11 is 0. The van der Waals surface area contributed by atoms with Gasteiger partial charge in [0.05, 0.1) is 18.7 Å². The van der Waals surface area contributed by atoms with E-state index >= 15 is 0 Å². The van der Waals surface area contributed by atoms with Gasteiger partial charge in [-0.3, -0.25) is 9.48 Å². The molecule has 1 aromatic heterocycles. The number of nitrogens with zero attached hydrogens (tertiary/aromatic N) is 2. The van der Waals surface area contributed by atoms with Crippen molar-refractivity contribution in [2.75, 3.05) is 0 Å². The summed E-state index contributed by atoms with van der Waals surface area (Å²) in [5.41, 5.74) is 2.50. The maximum Gasteiger partial charge on any atom is 0.307 e. The van der Waals surface area contributed by atoms with Crippen LogP contribution in [-0.4, -0.2) is 20.9 Å². The summed E-state index contributed by atoms with van der Waals surface area (Å²) in [6.45, 7) is 7.94. The predicted molar refractivity (Wildman–Crippen MR) is 53.2 cm³/mol. The molecule has 0 spiro atoms. The zero-order valence-corrected chi connectivity index (χ0v) is 8.45. The Labute approximate surface area is 82.9 Å². The van der Waals surface area contributed by atoms with E-state index in [1.807, 2.05) is 13.8 Å². The van der Waals surface area contributed by atoms with Crippen molar-refractivity contribution < 1.29 is 9.90 Å². The average Bonchev–Trinajstić information content (AvgIpc) is 2.33. The van der Waals surface area contributed by atoms with E-state index in [1.165, 1.54) is 0 Å². The normalized spacial score (nSPS) is 10.1. The van der Waals surface area contributed by atoms with Crippen LogP contribution in [0.15, 0.2) is 12.7 Å². The van der Waals surface area contributed by atoms with Gasteiger partial charge in [0.2, 0.25) is 0 Å². The van der Waals surface area contributed by atoms with Crippen LogP contribution in [0.25, 0.3) is 0 Å². The molecule has 1 N–H and O–H groups in total. The van der Waals surface area contributed by atoms with E-state index < -0.39 is 5.97 Å². The van der Waals surface area contributed by atoms with Crippen molar-refractivity contribution in [3.8, 4) is 0 Å². The van der Waals surface area contributed by atoms with Gasteiger partial charge < -0.3 is 5.11 Å². The molecule has 0 atom stereocenters. The van der Waals surface area contributed by atoms with Gasteiger partial charge in [0.25, 0.3) is 0 Å². The van der Waals surface area contributed by atoms with Crippen molar-refractivity contribution in [2.45, 2.75) is 26.8 Å². The Kier molecular flexibility index (Phi) is 3.06. The van der Waals surface area contributed by atoms with E-state index in [0.717, 1.165) is 17.0 Å². The highest BCUT2D eigenvalue weighted by Gasteiger charge is 2.13. The number of carboxylic acid groups (broad SMARTS) is 1. The lowest BCUT2D eigenvalue weighted by Gasteiger charge is -2.00. The maximum absolute atomic E-state index is 10.6. The monoisotopic (exact) mass is 194 g/mol. The zero-order valence-electron chi connectivity index (χ0n) is 8.45. The SMILES string of the molecule is C=CCn1nc(C)c(CC(=O)O)c1C. The second-order valence-corrected chi connectivity index (χ2v) is 3.19. The van der Waals surface area contributed by atoms with Gasteiger partial charge in [-0.2, -0.15) is 5.10 Å². The topological polar surface area (TPSA) is 55.1 Å². The van der Waals surface area contributed by atoms with E-state index in [0.29, 0.717) is 6.54 Å². The molecule has 4 heteroatoms. The molecule has 1 rings (SSSR count). The molecule has 1 heterocycles. The summed E-state index contributed by atoms with van der Waals surface area (Å²) in [5, 5.41) is 12.9. The predicted octanol–water partition coefficient (Wildman–Crippen LogP) is 1.31. The fourth-order valence-electron chi connectivity index (χ4n) is 1.44. The number of aryl methyl sites for hydroxylation is 1. The standard InChI is InChI=1S/C10H14N2O2/c1-4-5-12-8(3)9(6-10(13)14)7(2)11-12/h4H,1,5-6H2,2-3H3,(H,13,14). The molecule has 0 unspecified atom stereocenters. The zero-order chi connectivity index (χ0) is 10.7. The Bertz CT molecular complexity index is 366. The lowest BCUT2D eigenvalue weighted by molar-refractivity contribution is -0.136. The molecule has 4 nitrogen and oxygen atoms in total. The fraction of sp³-hybridized carbons (Fsp3) is 0.400. The summed E-state index contributed by atoms with van der Waals surface area (Å²) < 4.78 is 1.76. The Morgan fingerprint density at radius 1 is 1.64 bits per heavy atom. The number of aliphatic carboxylic acids is 1. The molecule has 0 amide bonds. The first-order valence-electron chi connectivity index (χ1n) is 4.41. The van der Waals surface area contributed by atoms with Crippen LogP contribution in [-0.2, 0) is 17.8 Å². The average molecular weight is 194 g/mol. The van der Waals surface area contributed by atoms with Gasteiger partial charge in [0.15, 0.2) is 0 Å². The largest absolute Gasteiger partial charge is 0.481 e. The summed E-state index contributed by atoms with van der Waals surface area (Å²) in [5.74, 6) is -0.825. The van der Waals surface area contributed by atoms with E-state index in [-0.39, 0.29) is 6.42 Å². The summed E-state index contributed by atoms with van der Waals surface area (Å²) in [6, 6.07) is 0. The van der Waals surface area contributed by atoms with Crippen molar-refractivity contribution in [2.24, 2.45) is 0 Å². The van der Waals surface area contributed by atoms with Crippen LogP contribution in [0, 0.1) is 13.8 Å². The summed E-state index contributed by atoms with van der Waals surface area (Å²) in [6.07, 6.45) is 1.78. The van der Waals surface area contributed by atoms with Crippen LogP contribution in [0.5, 0.6) is 0 Å². The number of aromatic nitrogens is 2. The molecule has 0 radical (unpaired) electrons. The maximum atomic E-state index is 10.6. The van der Waals surface area contributed by atoms with E-state index in [1.54, 1.807) is 10.8 Å². The minimum absolute atomic E-state index is 0.0365. The van der Waals surface area contributed by atoms with Gasteiger partial charge in [0.1, 0.15) is 0 Å². The van der Waals surface area contributed by atoms with Crippen LogP contribution < -0.4 is 0 Å². The molecule has 0 bridgehead atoms. The highest BCUT2D eigenvalue weighted by molar-refractivity contribution is 5.70.